The molecule has 0 radical (unpaired) electrons. The van der Waals surface area contributed by atoms with Crippen LogP contribution >= 0.6 is 0 Å². The summed E-state index contributed by atoms with van der Waals surface area (Å²) < 4.78 is 5.22. The number of benzene rings is 2. The lowest BCUT2D eigenvalue weighted by atomic mass is 9.96. The minimum Gasteiger partial charge on any atom is -0.497 e. The molecule has 1 unspecified atom stereocenters. The van der Waals surface area contributed by atoms with Crippen LogP contribution in [0, 0.1) is 5.92 Å². The van der Waals surface area contributed by atoms with Gasteiger partial charge in [0.25, 0.3) is 0 Å². The summed E-state index contributed by atoms with van der Waals surface area (Å²) >= 11 is 0. The number of hydrogen-bond donors (Lipinski definition) is 1. The molecule has 21 heavy (non-hydrogen) atoms. The number of nitrogens with one attached hydrogen (secondary N) is 1. The second-order valence-corrected chi connectivity index (χ2v) is 5.83. The van der Waals surface area contributed by atoms with Crippen LogP contribution in [0.4, 0.5) is 0 Å². The van der Waals surface area contributed by atoms with E-state index in [0.29, 0.717) is 5.92 Å². The van der Waals surface area contributed by atoms with Crippen molar-refractivity contribution in [3.05, 3.63) is 65.2 Å². The molecule has 1 N–H and O–H groups in total. The van der Waals surface area contributed by atoms with Gasteiger partial charge in [-0.25, -0.2) is 0 Å². The smallest absolute Gasteiger partial charge is 0.118 e. The highest BCUT2D eigenvalue weighted by Crippen LogP contribution is 2.24. The largest absolute Gasteiger partial charge is 0.497 e. The SMILES string of the molecule is CNC(c1ccc(CC(C)C)cc1)c1ccc(OC)cc1. The van der Waals surface area contributed by atoms with Crippen LogP contribution in [0.25, 0.3) is 0 Å². The third-order valence-electron chi connectivity index (χ3n) is 3.69. The predicted octanol–water partition coefficient (Wildman–Crippen LogP) is 4.20. The van der Waals surface area contributed by atoms with Gasteiger partial charge < -0.3 is 10.1 Å². The van der Waals surface area contributed by atoms with Gasteiger partial charge in [0.05, 0.1) is 13.2 Å². The average Bonchev–Trinajstić information content (AvgIpc) is 2.50. The zero-order chi connectivity index (χ0) is 15.2. The van der Waals surface area contributed by atoms with Crippen LogP contribution in [-0.2, 0) is 6.42 Å². The van der Waals surface area contributed by atoms with Crippen molar-refractivity contribution in [2.24, 2.45) is 5.92 Å². The Balaban J connectivity index is 2.19. The zero-order valence-corrected chi connectivity index (χ0v) is 13.4. The quantitative estimate of drug-likeness (QED) is 0.857. The van der Waals surface area contributed by atoms with Crippen LogP contribution in [0.5, 0.6) is 5.75 Å². The number of hydrogen-bond acceptors (Lipinski definition) is 2. The Morgan fingerprint density at radius 2 is 1.43 bits per heavy atom. The molecular weight excluding hydrogens is 258 g/mol. The first kappa shape index (κ1) is 15.6. The van der Waals surface area contributed by atoms with Gasteiger partial charge in [0.1, 0.15) is 5.75 Å². The van der Waals surface area contributed by atoms with Gasteiger partial charge in [-0.3, -0.25) is 0 Å². The van der Waals surface area contributed by atoms with Crippen molar-refractivity contribution in [3.63, 3.8) is 0 Å². The van der Waals surface area contributed by atoms with Crippen LogP contribution in [0.1, 0.15) is 36.6 Å². The third kappa shape index (κ3) is 4.08. The Morgan fingerprint density at radius 3 is 1.86 bits per heavy atom. The van der Waals surface area contributed by atoms with Gasteiger partial charge in [0.2, 0.25) is 0 Å². The lowest BCUT2D eigenvalue weighted by molar-refractivity contribution is 0.414. The molecule has 2 heteroatoms. The summed E-state index contributed by atoms with van der Waals surface area (Å²) in [6.45, 7) is 4.50. The van der Waals surface area contributed by atoms with Crippen LogP contribution in [-0.4, -0.2) is 14.2 Å². The summed E-state index contributed by atoms with van der Waals surface area (Å²) in [6, 6.07) is 17.4. The lowest BCUT2D eigenvalue weighted by Gasteiger charge is -2.18. The van der Waals surface area contributed by atoms with Gasteiger partial charge in [0.15, 0.2) is 0 Å². The van der Waals surface area contributed by atoms with E-state index in [-0.39, 0.29) is 6.04 Å². The van der Waals surface area contributed by atoms with E-state index in [2.05, 4.69) is 55.6 Å². The maximum Gasteiger partial charge on any atom is 0.118 e. The van der Waals surface area contributed by atoms with Crippen LogP contribution in [0.15, 0.2) is 48.5 Å². The van der Waals surface area contributed by atoms with Crippen molar-refractivity contribution < 1.29 is 4.74 Å². The van der Waals surface area contributed by atoms with Crippen molar-refractivity contribution >= 4 is 0 Å². The molecule has 0 amide bonds. The van der Waals surface area contributed by atoms with Crippen molar-refractivity contribution in [1.82, 2.24) is 5.32 Å². The highest BCUT2D eigenvalue weighted by atomic mass is 16.5. The second-order valence-electron chi connectivity index (χ2n) is 5.83. The van der Waals surface area contributed by atoms with Gasteiger partial charge in [-0.05, 0) is 48.2 Å². The standard InChI is InChI=1S/C19H25NO/c1-14(2)13-15-5-7-16(8-6-15)19(20-3)17-9-11-18(21-4)12-10-17/h5-12,14,19-20H,13H2,1-4H3. The molecular formula is C19H25NO. The summed E-state index contributed by atoms with van der Waals surface area (Å²) in [4.78, 5) is 0. The fourth-order valence-electron chi connectivity index (χ4n) is 2.64. The highest BCUT2D eigenvalue weighted by molar-refractivity contribution is 5.36. The maximum absolute atomic E-state index is 5.22. The molecule has 0 aliphatic carbocycles. The Morgan fingerprint density at radius 1 is 0.905 bits per heavy atom. The van der Waals surface area contributed by atoms with Crippen LogP contribution in [0.2, 0.25) is 0 Å². The van der Waals surface area contributed by atoms with Crippen LogP contribution in [0.3, 0.4) is 0 Å². The molecule has 0 bridgehead atoms. The minimum absolute atomic E-state index is 0.212. The van der Waals surface area contributed by atoms with Gasteiger partial charge in [-0.1, -0.05) is 50.2 Å². The normalized spacial score (nSPS) is 12.4. The Bertz CT molecular complexity index is 543. The molecule has 2 aromatic rings. The predicted molar refractivity (Wildman–Crippen MR) is 88.9 cm³/mol. The van der Waals surface area contributed by atoms with Gasteiger partial charge in [0, 0.05) is 0 Å². The number of methoxy groups -OCH3 is 1. The van der Waals surface area contributed by atoms with E-state index in [4.69, 9.17) is 4.74 Å². The summed E-state index contributed by atoms with van der Waals surface area (Å²) in [7, 11) is 3.69. The summed E-state index contributed by atoms with van der Waals surface area (Å²) in [5, 5.41) is 3.39. The van der Waals surface area contributed by atoms with E-state index >= 15 is 0 Å². The Labute approximate surface area is 128 Å². The number of rotatable bonds is 6. The van der Waals surface area contributed by atoms with E-state index in [1.807, 2.05) is 19.2 Å². The van der Waals surface area contributed by atoms with E-state index in [9.17, 15) is 0 Å². The highest BCUT2D eigenvalue weighted by Gasteiger charge is 2.12. The van der Waals surface area contributed by atoms with Crippen LogP contribution < -0.4 is 10.1 Å². The second kappa shape index (κ2) is 7.28. The van der Waals surface area contributed by atoms with Gasteiger partial charge >= 0.3 is 0 Å². The van der Waals surface area contributed by atoms with E-state index < -0.39 is 0 Å². The molecule has 1 atom stereocenters. The van der Waals surface area contributed by atoms with E-state index in [1.165, 1.54) is 16.7 Å². The summed E-state index contributed by atoms with van der Waals surface area (Å²) in [5.41, 5.74) is 3.93. The molecule has 0 aliphatic rings. The fourth-order valence-corrected chi connectivity index (χ4v) is 2.64. The van der Waals surface area contributed by atoms with Gasteiger partial charge in [-0.15, -0.1) is 0 Å². The molecule has 2 aromatic carbocycles. The fraction of sp³-hybridized carbons (Fsp3) is 0.368. The molecule has 0 fully saturated rings. The Hall–Kier alpha value is -1.80. The molecule has 0 saturated carbocycles. The minimum atomic E-state index is 0.212. The molecule has 0 saturated heterocycles. The number of ether oxygens (including phenoxy) is 1. The molecule has 2 nitrogen and oxygen atoms in total. The first-order chi connectivity index (χ1) is 10.1. The van der Waals surface area contributed by atoms with E-state index in [0.717, 1.165) is 12.2 Å². The van der Waals surface area contributed by atoms with Crippen molar-refractivity contribution in [2.45, 2.75) is 26.3 Å². The summed E-state index contributed by atoms with van der Waals surface area (Å²) in [6.07, 6.45) is 1.13. The maximum atomic E-state index is 5.22. The van der Waals surface area contributed by atoms with Gasteiger partial charge in [-0.2, -0.15) is 0 Å². The van der Waals surface area contributed by atoms with Crippen molar-refractivity contribution in [2.75, 3.05) is 14.2 Å². The molecule has 112 valence electrons. The van der Waals surface area contributed by atoms with E-state index in [1.54, 1.807) is 7.11 Å². The first-order valence-electron chi connectivity index (χ1n) is 7.54. The average molecular weight is 283 g/mol. The monoisotopic (exact) mass is 283 g/mol. The molecule has 0 aliphatic heterocycles. The molecule has 2 rings (SSSR count). The first-order valence-corrected chi connectivity index (χ1v) is 7.54. The molecule has 0 aromatic heterocycles. The topological polar surface area (TPSA) is 21.3 Å². The lowest BCUT2D eigenvalue weighted by Crippen LogP contribution is -2.17. The van der Waals surface area contributed by atoms with Crippen molar-refractivity contribution in [1.29, 1.82) is 0 Å². The Kier molecular flexibility index (Phi) is 5.40. The third-order valence-corrected chi connectivity index (χ3v) is 3.69. The zero-order valence-electron chi connectivity index (χ0n) is 13.4. The van der Waals surface area contributed by atoms with Crippen molar-refractivity contribution in [3.8, 4) is 5.75 Å². The molecule has 0 heterocycles. The summed E-state index contributed by atoms with van der Waals surface area (Å²) in [5.74, 6) is 1.58. The molecule has 0 spiro atoms.